The highest BCUT2D eigenvalue weighted by molar-refractivity contribution is 9.10. The van der Waals surface area contributed by atoms with Gasteiger partial charge in [0.1, 0.15) is 19.0 Å². The molecule has 0 saturated carbocycles. The molecule has 2 aromatic carbocycles. The maximum Gasteiger partial charge on any atom is 0.294 e. The molecule has 3 amide bonds. The van der Waals surface area contributed by atoms with E-state index in [-0.39, 0.29) is 17.2 Å². The number of carbonyl (C=O) groups excluding carboxylic acids is 3. The minimum Gasteiger partial charge on any atom is -0.490 e. The van der Waals surface area contributed by atoms with Crippen LogP contribution in [-0.2, 0) is 9.59 Å². The summed E-state index contributed by atoms with van der Waals surface area (Å²) in [5.41, 5.74) is 0.834. The SMILES string of the molecule is C=CCOc1c(Br)cc(/C=C2/SC(=O)N(CC(=O)Nc3cccc(F)c3)C2=O)cc1OCC. The van der Waals surface area contributed by atoms with Crippen molar-refractivity contribution in [3.05, 3.63) is 69.8 Å². The van der Waals surface area contributed by atoms with E-state index in [2.05, 4.69) is 27.8 Å². The number of imide groups is 1. The number of halogens is 2. The van der Waals surface area contributed by atoms with E-state index in [0.717, 1.165) is 22.7 Å². The Bertz CT molecular complexity index is 1140. The maximum absolute atomic E-state index is 13.3. The summed E-state index contributed by atoms with van der Waals surface area (Å²) in [6, 6.07) is 8.75. The Kier molecular flexibility index (Phi) is 8.29. The summed E-state index contributed by atoms with van der Waals surface area (Å²) < 4.78 is 25.2. The second-order valence-corrected chi connectivity index (χ2v) is 8.54. The molecule has 0 radical (unpaired) electrons. The number of benzene rings is 2. The lowest BCUT2D eigenvalue weighted by molar-refractivity contribution is -0.127. The van der Waals surface area contributed by atoms with Gasteiger partial charge in [0.15, 0.2) is 11.5 Å². The molecule has 33 heavy (non-hydrogen) atoms. The van der Waals surface area contributed by atoms with Crippen LogP contribution in [0, 0.1) is 5.82 Å². The smallest absolute Gasteiger partial charge is 0.294 e. The van der Waals surface area contributed by atoms with Gasteiger partial charge in [0, 0.05) is 5.69 Å². The van der Waals surface area contributed by atoms with E-state index in [1.165, 1.54) is 18.2 Å². The molecular weight excluding hydrogens is 515 g/mol. The summed E-state index contributed by atoms with van der Waals surface area (Å²) in [5, 5.41) is 1.90. The Balaban J connectivity index is 1.77. The molecule has 0 aromatic heterocycles. The van der Waals surface area contributed by atoms with Gasteiger partial charge >= 0.3 is 0 Å². The van der Waals surface area contributed by atoms with E-state index < -0.39 is 29.4 Å². The molecule has 0 atom stereocenters. The molecule has 2 aromatic rings. The van der Waals surface area contributed by atoms with Gasteiger partial charge in [-0.3, -0.25) is 19.3 Å². The molecule has 3 rings (SSSR count). The molecule has 0 unspecified atom stereocenters. The van der Waals surface area contributed by atoms with Crippen LogP contribution in [0.2, 0.25) is 0 Å². The molecule has 0 spiro atoms. The van der Waals surface area contributed by atoms with Crippen LogP contribution in [0.5, 0.6) is 11.5 Å². The second kappa shape index (κ2) is 11.2. The fourth-order valence-electron chi connectivity index (χ4n) is 2.91. The van der Waals surface area contributed by atoms with Gasteiger partial charge in [-0.1, -0.05) is 18.7 Å². The van der Waals surface area contributed by atoms with Crippen LogP contribution in [-0.4, -0.2) is 41.7 Å². The first-order valence-corrected chi connectivity index (χ1v) is 11.4. The number of ether oxygens (including phenoxy) is 2. The summed E-state index contributed by atoms with van der Waals surface area (Å²) in [4.78, 5) is 38.4. The van der Waals surface area contributed by atoms with Gasteiger partial charge in [-0.25, -0.2) is 4.39 Å². The summed E-state index contributed by atoms with van der Waals surface area (Å²) in [6.07, 6.45) is 3.15. The minimum absolute atomic E-state index is 0.160. The molecule has 1 fully saturated rings. The molecule has 7 nitrogen and oxygen atoms in total. The highest BCUT2D eigenvalue weighted by Gasteiger charge is 2.36. The van der Waals surface area contributed by atoms with Crippen molar-refractivity contribution in [2.75, 3.05) is 25.1 Å². The van der Waals surface area contributed by atoms with Crippen molar-refractivity contribution in [1.29, 1.82) is 0 Å². The number of nitrogens with zero attached hydrogens (tertiary/aromatic N) is 1. The van der Waals surface area contributed by atoms with Crippen LogP contribution in [0.15, 0.2) is 58.4 Å². The van der Waals surface area contributed by atoms with Gasteiger partial charge in [-0.15, -0.1) is 0 Å². The topological polar surface area (TPSA) is 84.9 Å². The van der Waals surface area contributed by atoms with Crippen LogP contribution in [0.3, 0.4) is 0 Å². The number of amides is 3. The molecule has 1 aliphatic rings. The van der Waals surface area contributed by atoms with Crippen molar-refractivity contribution in [3.63, 3.8) is 0 Å². The molecule has 0 aliphatic carbocycles. The number of hydrogen-bond donors (Lipinski definition) is 1. The molecule has 1 heterocycles. The molecular formula is C23H20BrFN2O5S. The monoisotopic (exact) mass is 534 g/mol. The zero-order chi connectivity index (χ0) is 24.0. The van der Waals surface area contributed by atoms with Gasteiger partial charge in [0.2, 0.25) is 5.91 Å². The van der Waals surface area contributed by atoms with Crippen molar-refractivity contribution >= 4 is 56.5 Å². The fraction of sp³-hybridized carbons (Fsp3) is 0.174. The second-order valence-electron chi connectivity index (χ2n) is 6.69. The minimum atomic E-state index is -0.616. The summed E-state index contributed by atoms with van der Waals surface area (Å²) in [7, 11) is 0. The Morgan fingerprint density at radius 1 is 1.27 bits per heavy atom. The standard InChI is InChI=1S/C23H20BrFN2O5S/c1-3-8-32-21-17(24)9-14(10-18(21)31-4-2)11-19-22(29)27(23(30)33-19)13-20(28)26-16-7-5-6-15(25)12-16/h3,5-7,9-12H,1,4,8,13H2,2H3,(H,26,28)/b19-11+. The Morgan fingerprint density at radius 3 is 2.76 bits per heavy atom. The number of anilines is 1. The van der Waals surface area contributed by atoms with E-state index >= 15 is 0 Å². The predicted octanol–water partition coefficient (Wildman–Crippen LogP) is 5.23. The van der Waals surface area contributed by atoms with Gasteiger partial charge in [-0.2, -0.15) is 0 Å². The first-order chi connectivity index (χ1) is 15.8. The first kappa shape index (κ1) is 24.5. The Labute approximate surface area is 202 Å². The number of nitrogens with one attached hydrogen (secondary N) is 1. The van der Waals surface area contributed by atoms with Crippen LogP contribution in [0.1, 0.15) is 12.5 Å². The fourth-order valence-corrected chi connectivity index (χ4v) is 4.33. The lowest BCUT2D eigenvalue weighted by Crippen LogP contribution is -2.36. The van der Waals surface area contributed by atoms with Crippen molar-refractivity contribution in [3.8, 4) is 11.5 Å². The average molecular weight is 535 g/mol. The van der Waals surface area contributed by atoms with Crippen LogP contribution < -0.4 is 14.8 Å². The molecule has 1 N–H and O–H groups in total. The zero-order valence-corrected chi connectivity index (χ0v) is 20.0. The lowest BCUT2D eigenvalue weighted by atomic mass is 10.2. The number of carbonyl (C=O) groups is 3. The van der Waals surface area contributed by atoms with E-state index in [4.69, 9.17) is 9.47 Å². The van der Waals surface area contributed by atoms with Gasteiger partial charge < -0.3 is 14.8 Å². The molecule has 1 saturated heterocycles. The van der Waals surface area contributed by atoms with Gasteiger partial charge in [-0.05, 0) is 76.6 Å². The molecule has 0 bridgehead atoms. The third kappa shape index (κ3) is 6.23. The predicted molar refractivity (Wildman–Crippen MR) is 129 cm³/mol. The lowest BCUT2D eigenvalue weighted by Gasteiger charge is -2.14. The summed E-state index contributed by atoms with van der Waals surface area (Å²) in [5.74, 6) is -0.764. The van der Waals surface area contributed by atoms with E-state index in [1.54, 1.807) is 24.3 Å². The van der Waals surface area contributed by atoms with Crippen LogP contribution >= 0.6 is 27.7 Å². The number of thioether (sulfide) groups is 1. The average Bonchev–Trinajstić information content (AvgIpc) is 3.00. The van der Waals surface area contributed by atoms with Crippen LogP contribution in [0.4, 0.5) is 14.9 Å². The van der Waals surface area contributed by atoms with Gasteiger partial charge in [0.25, 0.3) is 11.1 Å². The van der Waals surface area contributed by atoms with Gasteiger partial charge in [0.05, 0.1) is 16.0 Å². The normalized spacial score (nSPS) is 14.5. The van der Waals surface area contributed by atoms with E-state index in [0.29, 0.717) is 28.1 Å². The largest absolute Gasteiger partial charge is 0.490 e. The van der Waals surface area contributed by atoms with E-state index in [9.17, 15) is 18.8 Å². The highest BCUT2D eigenvalue weighted by Crippen LogP contribution is 2.39. The van der Waals surface area contributed by atoms with Crippen molar-refractivity contribution in [1.82, 2.24) is 4.90 Å². The van der Waals surface area contributed by atoms with Crippen molar-refractivity contribution < 1.29 is 28.2 Å². The van der Waals surface area contributed by atoms with Crippen molar-refractivity contribution in [2.45, 2.75) is 6.92 Å². The third-order valence-electron chi connectivity index (χ3n) is 4.26. The van der Waals surface area contributed by atoms with Crippen LogP contribution in [0.25, 0.3) is 6.08 Å². The highest BCUT2D eigenvalue weighted by atomic mass is 79.9. The summed E-state index contributed by atoms with van der Waals surface area (Å²) in [6.45, 7) is 5.66. The quantitative estimate of drug-likeness (QED) is 0.350. The number of hydrogen-bond acceptors (Lipinski definition) is 6. The van der Waals surface area contributed by atoms with E-state index in [1.807, 2.05) is 6.92 Å². The zero-order valence-electron chi connectivity index (χ0n) is 17.6. The molecule has 1 aliphatic heterocycles. The first-order valence-electron chi connectivity index (χ1n) is 9.83. The Morgan fingerprint density at radius 2 is 2.06 bits per heavy atom. The Hall–Kier alpha value is -3.11. The molecule has 10 heteroatoms. The molecule has 172 valence electrons. The summed E-state index contributed by atoms with van der Waals surface area (Å²) >= 11 is 4.17. The third-order valence-corrected chi connectivity index (χ3v) is 5.76. The number of rotatable bonds is 9. The van der Waals surface area contributed by atoms with Crippen molar-refractivity contribution in [2.24, 2.45) is 0 Å². The maximum atomic E-state index is 13.3.